The van der Waals surface area contributed by atoms with E-state index >= 15 is 0 Å². The Labute approximate surface area is 119 Å². The standard InChI is InChI=1S/C15H22N2O3/c1-15(2,10-16)17-14(19)9-8-13(18)11-4-6-12(20-3)7-5-11/h4-7H,8-10,16H2,1-3H3,(H,17,19). The van der Waals surface area contributed by atoms with Gasteiger partial charge in [-0.25, -0.2) is 0 Å². The number of rotatable bonds is 7. The van der Waals surface area contributed by atoms with Crippen LogP contribution in [0.25, 0.3) is 0 Å². The van der Waals surface area contributed by atoms with Crippen molar-refractivity contribution in [2.75, 3.05) is 13.7 Å². The highest BCUT2D eigenvalue weighted by Gasteiger charge is 2.18. The highest BCUT2D eigenvalue weighted by atomic mass is 16.5. The lowest BCUT2D eigenvalue weighted by atomic mass is 10.0. The van der Waals surface area contributed by atoms with E-state index in [-0.39, 0.29) is 24.5 Å². The van der Waals surface area contributed by atoms with E-state index in [9.17, 15) is 9.59 Å². The third-order valence-electron chi connectivity index (χ3n) is 2.98. The average molecular weight is 278 g/mol. The maximum absolute atomic E-state index is 11.9. The highest BCUT2D eigenvalue weighted by molar-refractivity contribution is 5.98. The predicted molar refractivity (Wildman–Crippen MR) is 77.8 cm³/mol. The summed E-state index contributed by atoms with van der Waals surface area (Å²) in [6, 6.07) is 6.85. The van der Waals surface area contributed by atoms with Crippen molar-refractivity contribution < 1.29 is 14.3 Å². The minimum absolute atomic E-state index is 0.0617. The maximum Gasteiger partial charge on any atom is 0.220 e. The summed E-state index contributed by atoms with van der Waals surface area (Å²) in [7, 11) is 1.57. The molecule has 0 saturated carbocycles. The maximum atomic E-state index is 11.9. The Kier molecular flexibility index (Phi) is 5.70. The van der Waals surface area contributed by atoms with Gasteiger partial charge in [-0.2, -0.15) is 0 Å². The van der Waals surface area contributed by atoms with Crippen molar-refractivity contribution in [3.63, 3.8) is 0 Å². The van der Waals surface area contributed by atoms with E-state index in [4.69, 9.17) is 10.5 Å². The summed E-state index contributed by atoms with van der Waals surface area (Å²) in [6.45, 7) is 4.04. The molecule has 0 aliphatic carbocycles. The minimum Gasteiger partial charge on any atom is -0.497 e. The first-order valence-electron chi connectivity index (χ1n) is 6.56. The van der Waals surface area contributed by atoms with Crippen LogP contribution >= 0.6 is 0 Å². The van der Waals surface area contributed by atoms with E-state index in [1.54, 1.807) is 31.4 Å². The Morgan fingerprint density at radius 1 is 1.20 bits per heavy atom. The third-order valence-corrected chi connectivity index (χ3v) is 2.98. The summed E-state index contributed by atoms with van der Waals surface area (Å²) in [6.07, 6.45) is 0.340. The number of ketones is 1. The zero-order chi connectivity index (χ0) is 15.2. The molecule has 0 unspecified atom stereocenters. The zero-order valence-corrected chi connectivity index (χ0v) is 12.2. The number of benzene rings is 1. The number of amides is 1. The molecule has 0 aliphatic rings. The molecule has 0 heterocycles. The molecule has 20 heavy (non-hydrogen) atoms. The van der Waals surface area contributed by atoms with Crippen molar-refractivity contribution in [2.45, 2.75) is 32.2 Å². The van der Waals surface area contributed by atoms with E-state index in [1.807, 2.05) is 13.8 Å². The second-order valence-corrected chi connectivity index (χ2v) is 5.29. The molecule has 0 fully saturated rings. The van der Waals surface area contributed by atoms with Crippen LogP contribution in [0, 0.1) is 0 Å². The lowest BCUT2D eigenvalue weighted by molar-refractivity contribution is -0.122. The van der Waals surface area contributed by atoms with E-state index in [1.165, 1.54) is 0 Å². The molecule has 0 aliphatic heterocycles. The molecule has 0 atom stereocenters. The summed E-state index contributed by atoms with van der Waals surface area (Å²) in [5, 5.41) is 2.79. The average Bonchev–Trinajstić information content (AvgIpc) is 2.44. The van der Waals surface area contributed by atoms with Gasteiger partial charge in [0.1, 0.15) is 5.75 Å². The van der Waals surface area contributed by atoms with Crippen LogP contribution in [0.1, 0.15) is 37.0 Å². The first-order chi connectivity index (χ1) is 9.38. The Morgan fingerprint density at radius 3 is 2.30 bits per heavy atom. The molecule has 1 aromatic rings. The normalized spacial score (nSPS) is 11.0. The second-order valence-electron chi connectivity index (χ2n) is 5.29. The fourth-order valence-electron chi connectivity index (χ4n) is 1.64. The Balaban J connectivity index is 2.48. The first-order valence-corrected chi connectivity index (χ1v) is 6.56. The smallest absolute Gasteiger partial charge is 0.220 e. The summed E-state index contributed by atoms with van der Waals surface area (Å²) in [5.74, 6) is 0.472. The van der Waals surface area contributed by atoms with E-state index in [0.29, 0.717) is 17.9 Å². The van der Waals surface area contributed by atoms with Gasteiger partial charge < -0.3 is 15.8 Å². The van der Waals surface area contributed by atoms with Crippen molar-refractivity contribution in [2.24, 2.45) is 5.73 Å². The van der Waals surface area contributed by atoms with Gasteiger partial charge in [-0.15, -0.1) is 0 Å². The van der Waals surface area contributed by atoms with Crippen LogP contribution in [-0.4, -0.2) is 30.9 Å². The van der Waals surface area contributed by atoms with Crippen molar-refractivity contribution in [3.8, 4) is 5.75 Å². The molecule has 0 spiro atoms. The second kappa shape index (κ2) is 7.05. The van der Waals surface area contributed by atoms with Crippen molar-refractivity contribution in [1.82, 2.24) is 5.32 Å². The largest absolute Gasteiger partial charge is 0.497 e. The predicted octanol–water partition coefficient (Wildman–Crippen LogP) is 1.51. The molecule has 110 valence electrons. The van der Waals surface area contributed by atoms with Gasteiger partial charge in [0.15, 0.2) is 5.78 Å². The highest BCUT2D eigenvalue weighted by Crippen LogP contribution is 2.13. The van der Waals surface area contributed by atoms with Crippen LogP contribution in [0.3, 0.4) is 0 Å². The Morgan fingerprint density at radius 2 is 1.80 bits per heavy atom. The van der Waals surface area contributed by atoms with Gasteiger partial charge in [-0.05, 0) is 38.1 Å². The van der Waals surface area contributed by atoms with Gasteiger partial charge >= 0.3 is 0 Å². The van der Waals surface area contributed by atoms with Crippen molar-refractivity contribution in [1.29, 1.82) is 0 Å². The minimum atomic E-state index is -0.444. The fourth-order valence-corrected chi connectivity index (χ4v) is 1.64. The molecule has 1 rings (SSSR count). The Bertz CT molecular complexity index is 467. The number of nitrogens with two attached hydrogens (primary N) is 1. The van der Waals surface area contributed by atoms with Gasteiger partial charge in [0, 0.05) is 30.5 Å². The number of hydrogen-bond donors (Lipinski definition) is 2. The van der Waals surface area contributed by atoms with Crippen LogP contribution in [0.2, 0.25) is 0 Å². The molecule has 1 amide bonds. The summed E-state index contributed by atoms with van der Waals surface area (Å²) in [4.78, 5) is 23.7. The topological polar surface area (TPSA) is 81.4 Å². The number of ether oxygens (including phenoxy) is 1. The van der Waals surface area contributed by atoms with E-state index < -0.39 is 5.54 Å². The summed E-state index contributed by atoms with van der Waals surface area (Å²) < 4.78 is 5.03. The SMILES string of the molecule is COc1ccc(C(=O)CCC(=O)NC(C)(C)CN)cc1. The quantitative estimate of drug-likeness (QED) is 0.741. The molecular weight excluding hydrogens is 256 g/mol. The lowest BCUT2D eigenvalue weighted by Gasteiger charge is -2.24. The third kappa shape index (κ3) is 5.01. The summed E-state index contributed by atoms with van der Waals surface area (Å²) >= 11 is 0. The van der Waals surface area contributed by atoms with Gasteiger partial charge in [-0.1, -0.05) is 0 Å². The fraction of sp³-hybridized carbons (Fsp3) is 0.467. The monoisotopic (exact) mass is 278 g/mol. The van der Waals surface area contributed by atoms with Gasteiger partial charge in [0.2, 0.25) is 5.91 Å². The molecule has 0 bridgehead atoms. The molecule has 1 aromatic carbocycles. The number of hydrogen-bond acceptors (Lipinski definition) is 4. The van der Waals surface area contributed by atoms with Gasteiger partial charge in [0.05, 0.1) is 7.11 Å². The van der Waals surface area contributed by atoms with Gasteiger partial charge in [0.25, 0.3) is 0 Å². The van der Waals surface area contributed by atoms with Crippen LogP contribution in [0.15, 0.2) is 24.3 Å². The van der Waals surface area contributed by atoms with Crippen LogP contribution in [0.5, 0.6) is 5.75 Å². The molecule has 3 N–H and O–H groups in total. The molecular formula is C15H22N2O3. The lowest BCUT2D eigenvalue weighted by Crippen LogP contribution is -2.48. The first kappa shape index (κ1) is 16.2. The van der Waals surface area contributed by atoms with E-state index in [2.05, 4.69) is 5.32 Å². The zero-order valence-electron chi connectivity index (χ0n) is 12.2. The van der Waals surface area contributed by atoms with Gasteiger partial charge in [-0.3, -0.25) is 9.59 Å². The molecule has 5 heteroatoms. The molecule has 5 nitrogen and oxygen atoms in total. The molecule has 0 saturated heterocycles. The molecule has 0 aromatic heterocycles. The number of Topliss-reactive ketones (excluding diaryl/α,β-unsaturated/α-hetero) is 1. The summed E-state index contributed by atoms with van der Waals surface area (Å²) in [5.41, 5.74) is 5.67. The van der Waals surface area contributed by atoms with Crippen LogP contribution < -0.4 is 15.8 Å². The van der Waals surface area contributed by atoms with E-state index in [0.717, 1.165) is 0 Å². The number of carbonyl (C=O) groups excluding carboxylic acids is 2. The number of methoxy groups -OCH3 is 1. The van der Waals surface area contributed by atoms with Crippen molar-refractivity contribution in [3.05, 3.63) is 29.8 Å². The van der Waals surface area contributed by atoms with Crippen molar-refractivity contribution >= 4 is 11.7 Å². The van der Waals surface area contributed by atoms with Crippen LogP contribution in [-0.2, 0) is 4.79 Å². The molecule has 0 radical (unpaired) electrons. The van der Waals surface area contributed by atoms with Crippen LogP contribution in [0.4, 0.5) is 0 Å². The Hall–Kier alpha value is -1.88. The number of carbonyl (C=O) groups is 2. The number of nitrogens with one attached hydrogen (secondary N) is 1.